The molecule has 166 valence electrons. The summed E-state index contributed by atoms with van der Waals surface area (Å²) in [6, 6.07) is 7.31. The van der Waals surface area contributed by atoms with Crippen molar-refractivity contribution in [1.29, 1.82) is 5.26 Å². The van der Waals surface area contributed by atoms with E-state index in [1.807, 2.05) is 19.2 Å². The Kier molecular flexibility index (Phi) is 4.32. The quantitative estimate of drug-likeness (QED) is 0.439. The van der Waals surface area contributed by atoms with E-state index >= 15 is 0 Å². The second-order valence-corrected chi connectivity index (χ2v) is 9.19. The lowest BCUT2D eigenvalue weighted by Crippen LogP contribution is -2.23. The van der Waals surface area contributed by atoms with E-state index in [9.17, 15) is 9.65 Å². The van der Waals surface area contributed by atoms with E-state index in [0.717, 1.165) is 59.0 Å². The van der Waals surface area contributed by atoms with Gasteiger partial charge >= 0.3 is 0 Å². The van der Waals surface area contributed by atoms with E-state index in [0.29, 0.717) is 23.4 Å². The Hall–Kier alpha value is -3.70. The molecule has 1 saturated heterocycles. The summed E-state index contributed by atoms with van der Waals surface area (Å²) in [5.41, 5.74) is 11.9. The molecular formula is C25H24FN7. The topological polar surface area (TPSA) is 107 Å². The van der Waals surface area contributed by atoms with Crippen LogP contribution in [-0.4, -0.2) is 40.6 Å². The summed E-state index contributed by atoms with van der Waals surface area (Å²) in [4.78, 5) is 14.7. The molecule has 1 aliphatic carbocycles. The van der Waals surface area contributed by atoms with Crippen molar-refractivity contribution < 1.29 is 4.39 Å². The number of anilines is 2. The molecule has 1 saturated carbocycles. The number of aromatic nitrogens is 3. The highest BCUT2D eigenvalue weighted by Crippen LogP contribution is 2.54. The summed E-state index contributed by atoms with van der Waals surface area (Å²) in [6.07, 6.45) is 7.19. The van der Waals surface area contributed by atoms with E-state index in [2.05, 4.69) is 26.3 Å². The van der Waals surface area contributed by atoms with Crippen molar-refractivity contribution in [1.82, 2.24) is 15.0 Å². The van der Waals surface area contributed by atoms with Crippen LogP contribution in [0.2, 0.25) is 0 Å². The van der Waals surface area contributed by atoms with Gasteiger partial charge in [0, 0.05) is 66.2 Å². The first-order chi connectivity index (χ1) is 16.0. The summed E-state index contributed by atoms with van der Waals surface area (Å²) < 4.78 is 14.7. The highest BCUT2D eigenvalue weighted by molar-refractivity contribution is 6.17. The smallest absolute Gasteiger partial charge is 0.140 e. The first-order valence-electron chi connectivity index (χ1n) is 11.3. The third-order valence-corrected chi connectivity index (χ3v) is 7.17. The third kappa shape index (κ3) is 3.04. The first-order valence-corrected chi connectivity index (χ1v) is 11.3. The van der Waals surface area contributed by atoms with E-state index in [-0.39, 0.29) is 17.3 Å². The van der Waals surface area contributed by atoms with E-state index < -0.39 is 0 Å². The van der Waals surface area contributed by atoms with E-state index in [1.165, 1.54) is 6.07 Å². The number of halogens is 1. The molecule has 8 heteroatoms. The molecule has 4 aromatic rings. The summed E-state index contributed by atoms with van der Waals surface area (Å²) in [6.45, 7) is 4.39. The number of hydrogen-bond donors (Lipinski definition) is 3. The molecule has 0 bridgehead atoms. The van der Waals surface area contributed by atoms with Gasteiger partial charge in [0.25, 0.3) is 0 Å². The fourth-order valence-electron chi connectivity index (χ4n) is 5.36. The van der Waals surface area contributed by atoms with Crippen LogP contribution in [0.5, 0.6) is 0 Å². The van der Waals surface area contributed by atoms with Gasteiger partial charge in [-0.1, -0.05) is 0 Å². The molecular weight excluding hydrogens is 417 g/mol. The van der Waals surface area contributed by atoms with E-state index in [1.54, 1.807) is 18.5 Å². The number of pyridine rings is 2. The lowest BCUT2D eigenvalue weighted by Gasteiger charge is -2.23. The van der Waals surface area contributed by atoms with Crippen LogP contribution in [0, 0.1) is 22.6 Å². The molecule has 6 rings (SSSR count). The maximum atomic E-state index is 14.7. The number of nitrogens with one attached hydrogen (secondary N) is 2. The van der Waals surface area contributed by atoms with Crippen LogP contribution in [0.3, 0.4) is 0 Å². The number of nitriles is 1. The van der Waals surface area contributed by atoms with Crippen molar-refractivity contribution in [2.45, 2.75) is 25.8 Å². The molecule has 0 amide bonds. The maximum absolute atomic E-state index is 14.7. The molecule has 2 fully saturated rings. The first kappa shape index (κ1) is 19.9. The molecule has 4 heterocycles. The zero-order valence-corrected chi connectivity index (χ0v) is 18.3. The Morgan fingerprint density at radius 3 is 2.91 bits per heavy atom. The lowest BCUT2D eigenvalue weighted by molar-refractivity contribution is 0.553. The Labute approximate surface area is 190 Å². The molecule has 1 spiro atoms. The largest absolute Gasteiger partial charge is 0.384 e. The molecule has 3 aromatic heterocycles. The maximum Gasteiger partial charge on any atom is 0.140 e. The number of nitrogens with zero attached hydrogens (tertiary/aromatic N) is 4. The Bertz CT molecular complexity index is 1450. The number of fused-ring (bicyclic) bond motifs is 3. The van der Waals surface area contributed by atoms with Crippen molar-refractivity contribution in [3.63, 3.8) is 0 Å². The van der Waals surface area contributed by atoms with Crippen LogP contribution in [0.15, 0.2) is 36.8 Å². The van der Waals surface area contributed by atoms with Crippen LogP contribution < -0.4 is 16.0 Å². The number of rotatable bonds is 4. The second-order valence-electron chi connectivity index (χ2n) is 9.19. The number of hydrogen-bond acceptors (Lipinski definition) is 6. The zero-order valence-electron chi connectivity index (χ0n) is 18.3. The minimum atomic E-state index is -0.300. The third-order valence-electron chi connectivity index (χ3n) is 7.17. The molecule has 0 unspecified atom stereocenters. The van der Waals surface area contributed by atoms with Crippen molar-refractivity contribution in [2.75, 3.05) is 29.9 Å². The van der Waals surface area contributed by atoms with Crippen molar-refractivity contribution in [2.24, 2.45) is 11.1 Å². The summed E-state index contributed by atoms with van der Waals surface area (Å²) in [7, 11) is 0. The van der Waals surface area contributed by atoms with Crippen molar-refractivity contribution in [3.05, 3.63) is 48.2 Å². The minimum Gasteiger partial charge on any atom is -0.384 e. The van der Waals surface area contributed by atoms with Gasteiger partial charge in [-0.25, -0.2) is 9.37 Å². The number of nitrogens with two attached hydrogens (primary N) is 1. The normalized spacial score (nSPS) is 21.8. The second kappa shape index (κ2) is 7.15. The molecule has 1 aliphatic heterocycles. The van der Waals surface area contributed by atoms with Gasteiger partial charge in [0.2, 0.25) is 0 Å². The van der Waals surface area contributed by atoms with Gasteiger partial charge in [-0.3, -0.25) is 4.98 Å². The van der Waals surface area contributed by atoms with Crippen LogP contribution in [0.4, 0.5) is 15.8 Å². The number of benzene rings is 1. The van der Waals surface area contributed by atoms with Gasteiger partial charge < -0.3 is 20.9 Å². The number of H-pyrrole nitrogens is 1. The predicted octanol–water partition coefficient (Wildman–Crippen LogP) is 4.15. The van der Waals surface area contributed by atoms with Crippen LogP contribution >= 0.6 is 0 Å². The Balaban J connectivity index is 1.65. The SMILES string of the molecule is CCNc1cc(F)cc2c1[nH]c1ncc(-c3cncc(C#N)c3)c(N3CC[C@@]4(C[C@H]4N)C3)c12. The van der Waals surface area contributed by atoms with Crippen LogP contribution in [-0.2, 0) is 0 Å². The lowest BCUT2D eigenvalue weighted by atomic mass is 10.0. The molecule has 4 N–H and O–H groups in total. The average Bonchev–Trinajstić information content (AvgIpc) is 3.13. The fourth-order valence-corrected chi connectivity index (χ4v) is 5.36. The monoisotopic (exact) mass is 441 g/mol. The molecule has 2 atom stereocenters. The van der Waals surface area contributed by atoms with Gasteiger partial charge in [0.1, 0.15) is 17.5 Å². The number of aromatic amines is 1. The highest BCUT2D eigenvalue weighted by atomic mass is 19.1. The summed E-state index contributed by atoms with van der Waals surface area (Å²) >= 11 is 0. The average molecular weight is 442 g/mol. The van der Waals surface area contributed by atoms with Gasteiger partial charge in [0.15, 0.2) is 0 Å². The fraction of sp³-hybridized carbons (Fsp3) is 0.320. The van der Waals surface area contributed by atoms with Crippen LogP contribution in [0.1, 0.15) is 25.3 Å². The van der Waals surface area contributed by atoms with Crippen LogP contribution in [0.25, 0.3) is 33.1 Å². The Morgan fingerprint density at radius 2 is 2.18 bits per heavy atom. The Morgan fingerprint density at radius 1 is 1.33 bits per heavy atom. The zero-order chi connectivity index (χ0) is 22.7. The van der Waals surface area contributed by atoms with Gasteiger partial charge in [0.05, 0.1) is 27.8 Å². The molecule has 1 aromatic carbocycles. The van der Waals surface area contributed by atoms with Gasteiger partial charge in [-0.2, -0.15) is 5.26 Å². The molecule has 0 radical (unpaired) electrons. The molecule has 33 heavy (non-hydrogen) atoms. The highest BCUT2D eigenvalue weighted by Gasteiger charge is 2.55. The van der Waals surface area contributed by atoms with Crippen molar-refractivity contribution in [3.8, 4) is 17.2 Å². The van der Waals surface area contributed by atoms with E-state index in [4.69, 9.17) is 10.7 Å². The minimum absolute atomic E-state index is 0.159. The molecule has 2 aliphatic rings. The summed E-state index contributed by atoms with van der Waals surface area (Å²) in [5.74, 6) is -0.300. The van der Waals surface area contributed by atoms with Gasteiger partial charge in [-0.15, -0.1) is 0 Å². The van der Waals surface area contributed by atoms with Crippen molar-refractivity contribution >= 4 is 33.3 Å². The summed E-state index contributed by atoms with van der Waals surface area (Å²) in [5, 5.41) is 14.3. The van der Waals surface area contributed by atoms with Gasteiger partial charge in [-0.05, 0) is 38.0 Å². The molecule has 7 nitrogen and oxygen atoms in total. The standard InChI is InChI=1S/C25H24FN7/c1-2-30-19-7-16(26)6-17-21-23(33-4-3-25(13-33)8-20(25)28)18(12-31-24(21)32-22(17)19)15-5-14(9-27)10-29-11-15/h5-7,10-12,20,30H,2-4,8,13,28H2,1H3,(H,31,32)/t20-,25-/m1/s1. The predicted molar refractivity (Wildman–Crippen MR) is 128 cm³/mol.